The van der Waals surface area contributed by atoms with Crippen LogP contribution in [0.25, 0.3) is 17.1 Å². The van der Waals surface area contributed by atoms with E-state index >= 15 is 0 Å². The molecule has 2 aromatic carbocycles. The minimum absolute atomic E-state index is 0.284. The number of hydrogen-bond acceptors (Lipinski definition) is 4. The highest BCUT2D eigenvalue weighted by Gasteiger charge is 2.12. The predicted octanol–water partition coefficient (Wildman–Crippen LogP) is 4.34. The largest absolute Gasteiger partial charge is 0.320 e. The van der Waals surface area contributed by atoms with Crippen LogP contribution in [0.4, 0.5) is 5.69 Å². The third-order valence-electron chi connectivity index (χ3n) is 3.90. The third-order valence-corrected chi connectivity index (χ3v) is 4.31. The number of carbonyl (C=O) groups excluding carboxylic acids is 1. The number of benzene rings is 2. The molecule has 0 atom stereocenters. The zero-order valence-electron chi connectivity index (χ0n) is 14.1. The lowest BCUT2D eigenvalue weighted by molar-refractivity contribution is 0.102. The first-order chi connectivity index (χ1) is 13.2. The van der Waals surface area contributed by atoms with Gasteiger partial charge in [-0.15, -0.1) is 0 Å². The number of carbonyl (C=O) groups is 1. The molecule has 2 aromatic heterocycles. The van der Waals surface area contributed by atoms with E-state index in [1.54, 1.807) is 10.9 Å². The highest BCUT2D eigenvalue weighted by atomic mass is 79.9. The number of hydrogen-bond donors (Lipinski definition) is 1. The second kappa shape index (κ2) is 7.51. The number of nitrogens with zero attached hydrogens (tertiary/aromatic N) is 4. The minimum Gasteiger partial charge on any atom is -0.320 e. The Kier molecular flexibility index (Phi) is 4.76. The van der Waals surface area contributed by atoms with Crippen molar-refractivity contribution in [1.29, 1.82) is 0 Å². The summed E-state index contributed by atoms with van der Waals surface area (Å²) in [6.45, 7) is 0. The van der Waals surface area contributed by atoms with Crippen LogP contribution in [0.5, 0.6) is 0 Å². The maximum atomic E-state index is 12.6. The van der Waals surface area contributed by atoms with Gasteiger partial charge < -0.3 is 5.32 Å². The molecule has 1 amide bonds. The summed E-state index contributed by atoms with van der Waals surface area (Å²) in [4.78, 5) is 21.2. The van der Waals surface area contributed by atoms with Crippen LogP contribution in [0.15, 0.2) is 83.9 Å². The molecule has 7 heteroatoms. The average molecular weight is 420 g/mol. The molecule has 6 nitrogen and oxygen atoms in total. The Labute approximate surface area is 164 Å². The summed E-state index contributed by atoms with van der Waals surface area (Å²) < 4.78 is 2.54. The van der Waals surface area contributed by atoms with E-state index in [2.05, 4.69) is 36.3 Å². The number of nitrogens with one attached hydrogen (secondary N) is 1. The van der Waals surface area contributed by atoms with E-state index < -0.39 is 0 Å². The lowest BCUT2D eigenvalue weighted by Gasteiger charge is -2.11. The molecule has 27 heavy (non-hydrogen) atoms. The summed E-state index contributed by atoms with van der Waals surface area (Å²) in [5.74, 6) is 0.294. The van der Waals surface area contributed by atoms with Gasteiger partial charge in [-0.2, -0.15) is 5.10 Å². The second-order valence-electron chi connectivity index (χ2n) is 5.74. The van der Waals surface area contributed by atoms with Crippen molar-refractivity contribution in [3.63, 3.8) is 0 Å². The molecule has 0 saturated heterocycles. The van der Waals surface area contributed by atoms with Crippen LogP contribution in [0, 0.1) is 0 Å². The monoisotopic (exact) mass is 419 g/mol. The molecule has 0 aliphatic heterocycles. The van der Waals surface area contributed by atoms with Crippen LogP contribution in [0.2, 0.25) is 0 Å². The Bertz CT molecular complexity index is 1080. The second-order valence-corrected chi connectivity index (χ2v) is 6.65. The molecule has 0 unspecified atom stereocenters. The van der Waals surface area contributed by atoms with E-state index in [1.807, 2.05) is 60.8 Å². The molecule has 0 spiro atoms. The van der Waals surface area contributed by atoms with Gasteiger partial charge in [0.1, 0.15) is 0 Å². The Morgan fingerprint density at radius 1 is 0.926 bits per heavy atom. The molecule has 132 valence electrons. The first-order valence-corrected chi connectivity index (χ1v) is 8.98. The summed E-state index contributed by atoms with van der Waals surface area (Å²) in [7, 11) is 0. The zero-order valence-corrected chi connectivity index (χ0v) is 15.7. The molecule has 0 bridgehead atoms. The Balaban J connectivity index is 1.57. The van der Waals surface area contributed by atoms with Gasteiger partial charge in [-0.1, -0.05) is 42.5 Å². The van der Waals surface area contributed by atoms with Gasteiger partial charge in [0.15, 0.2) is 5.82 Å². The number of para-hydroxylation sites is 2. The normalized spacial score (nSPS) is 10.6. The molecular weight excluding hydrogens is 406 g/mol. The van der Waals surface area contributed by atoms with Gasteiger partial charge in [0, 0.05) is 24.2 Å². The van der Waals surface area contributed by atoms with Crippen LogP contribution in [0.1, 0.15) is 10.4 Å². The van der Waals surface area contributed by atoms with Gasteiger partial charge in [0.25, 0.3) is 5.91 Å². The maximum Gasteiger partial charge on any atom is 0.258 e. The molecular formula is C20H14BrN5O. The van der Waals surface area contributed by atoms with Gasteiger partial charge in [-0.25, -0.2) is 14.6 Å². The van der Waals surface area contributed by atoms with Crippen LogP contribution in [0.3, 0.4) is 0 Å². The van der Waals surface area contributed by atoms with E-state index in [-0.39, 0.29) is 5.91 Å². The molecule has 4 aromatic rings. The number of halogens is 1. The Morgan fingerprint density at radius 3 is 2.33 bits per heavy atom. The first-order valence-electron chi connectivity index (χ1n) is 8.19. The van der Waals surface area contributed by atoms with Gasteiger partial charge in [-0.05, 0) is 28.1 Å². The van der Waals surface area contributed by atoms with Crippen molar-refractivity contribution in [2.45, 2.75) is 0 Å². The van der Waals surface area contributed by atoms with Crippen molar-refractivity contribution in [2.75, 3.05) is 5.32 Å². The molecule has 4 rings (SSSR count). The van der Waals surface area contributed by atoms with Crippen molar-refractivity contribution in [1.82, 2.24) is 19.7 Å². The molecule has 0 radical (unpaired) electrons. The standard InChI is InChI=1S/C20H14BrN5O/c21-16-12-24-26(13-16)18-9-5-4-8-17(18)25-20(27)15-10-22-19(23-11-15)14-6-2-1-3-7-14/h1-13H,(H,25,27). The van der Waals surface area contributed by atoms with Crippen molar-refractivity contribution in [3.05, 3.63) is 89.4 Å². The number of rotatable bonds is 4. The topological polar surface area (TPSA) is 72.7 Å². The lowest BCUT2D eigenvalue weighted by atomic mass is 10.2. The van der Waals surface area contributed by atoms with E-state index in [9.17, 15) is 4.79 Å². The molecule has 0 aliphatic carbocycles. The van der Waals surface area contributed by atoms with Crippen LogP contribution in [-0.2, 0) is 0 Å². The van der Waals surface area contributed by atoms with Crippen LogP contribution in [-0.4, -0.2) is 25.7 Å². The molecule has 0 fully saturated rings. The van der Waals surface area contributed by atoms with Crippen molar-refractivity contribution in [3.8, 4) is 17.1 Å². The van der Waals surface area contributed by atoms with Crippen LogP contribution >= 0.6 is 15.9 Å². The van der Waals surface area contributed by atoms with Gasteiger partial charge in [0.2, 0.25) is 0 Å². The summed E-state index contributed by atoms with van der Waals surface area (Å²) in [5.41, 5.74) is 2.69. The Morgan fingerprint density at radius 2 is 1.63 bits per heavy atom. The quantitative estimate of drug-likeness (QED) is 0.533. The smallest absolute Gasteiger partial charge is 0.258 e. The lowest BCUT2D eigenvalue weighted by Crippen LogP contribution is -2.14. The predicted molar refractivity (Wildman–Crippen MR) is 107 cm³/mol. The number of amides is 1. The van der Waals surface area contributed by atoms with Crippen molar-refractivity contribution < 1.29 is 4.79 Å². The summed E-state index contributed by atoms with van der Waals surface area (Å²) in [5, 5.41) is 7.16. The minimum atomic E-state index is -0.284. The first kappa shape index (κ1) is 17.1. The highest BCUT2D eigenvalue weighted by Crippen LogP contribution is 2.22. The number of aromatic nitrogens is 4. The molecule has 1 N–H and O–H groups in total. The van der Waals surface area contributed by atoms with Crippen molar-refractivity contribution in [2.24, 2.45) is 0 Å². The summed E-state index contributed by atoms with van der Waals surface area (Å²) in [6.07, 6.45) is 6.56. The van der Waals surface area contributed by atoms with Crippen molar-refractivity contribution >= 4 is 27.5 Å². The number of anilines is 1. The fraction of sp³-hybridized carbons (Fsp3) is 0. The van der Waals surface area contributed by atoms with E-state index in [1.165, 1.54) is 12.4 Å². The highest BCUT2D eigenvalue weighted by molar-refractivity contribution is 9.10. The zero-order chi connectivity index (χ0) is 18.6. The molecule has 0 saturated carbocycles. The molecule has 2 heterocycles. The fourth-order valence-electron chi connectivity index (χ4n) is 2.59. The Hall–Kier alpha value is -3.32. The SMILES string of the molecule is O=C(Nc1ccccc1-n1cc(Br)cn1)c1cnc(-c2ccccc2)nc1. The maximum absolute atomic E-state index is 12.6. The van der Waals surface area contributed by atoms with E-state index in [4.69, 9.17) is 0 Å². The fourth-order valence-corrected chi connectivity index (χ4v) is 2.87. The summed E-state index contributed by atoms with van der Waals surface area (Å²) in [6, 6.07) is 17.1. The van der Waals surface area contributed by atoms with Gasteiger partial charge in [-0.3, -0.25) is 4.79 Å². The average Bonchev–Trinajstić information content (AvgIpc) is 3.15. The summed E-state index contributed by atoms with van der Waals surface area (Å²) >= 11 is 3.38. The molecule has 0 aliphatic rings. The van der Waals surface area contributed by atoms with Gasteiger partial charge >= 0.3 is 0 Å². The van der Waals surface area contributed by atoms with Gasteiger partial charge in [0.05, 0.1) is 27.6 Å². The van der Waals surface area contributed by atoms with E-state index in [0.717, 1.165) is 15.7 Å². The third kappa shape index (κ3) is 3.78. The van der Waals surface area contributed by atoms with E-state index in [0.29, 0.717) is 17.1 Å². The van der Waals surface area contributed by atoms with Crippen LogP contribution < -0.4 is 5.32 Å².